The minimum atomic E-state index is -2.56. The summed E-state index contributed by atoms with van der Waals surface area (Å²) in [6, 6.07) is 1.70. The van der Waals surface area contributed by atoms with Crippen LogP contribution in [0, 0.1) is 0 Å². The summed E-state index contributed by atoms with van der Waals surface area (Å²) in [6.45, 7) is -0.606. The topological polar surface area (TPSA) is 59.2 Å². The molecule has 2 aromatic heterocycles. The van der Waals surface area contributed by atoms with Gasteiger partial charge >= 0.3 is 0 Å². The van der Waals surface area contributed by atoms with Crippen molar-refractivity contribution in [1.29, 1.82) is 0 Å². The molecule has 0 aliphatic heterocycles. The zero-order valence-corrected chi connectivity index (χ0v) is 10.4. The van der Waals surface area contributed by atoms with Crippen LogP contribution in [0.15, 0.2) is 18.5 Å². The monoisotopic (exact) mass is 271 g/mol. The van der Waals surface area contributed by atoms with Crippen molar-refractivity contribution in [3.63, 3.8) is 0 Å². The van der Waals surface area contributed by atoms with Crippen LogP contribution in [0.3, 0.4) is 0 Å². The molecule has 2 N–H and O–H groups in total. The molecule has 96 valence electrons. The third-order valence-corrected chi connectivity index (χ3v) is 3.63. The highest BCUT2D eigenvalue weighted by Crippen LogP contribution is 2.33. The molecule has 2 heterocycles. The number of carbonyl (C=O) groups excluding carboxylic acids is 1. The molecule has 18 heavy (non-hydrogen) atoms. The van der Waals surface area contributed by atoms with Gasteiger partial charge in [0, 0.05) is 24.8 Å². The molecule has 0 radical (unpaired) electrons. The molecule has 2 rings (SSSR count). The van der Waals surface area contributed by atoms with Crippen molar-refractivity contribution < 1.29 is 13.6 Å². The summed E-state index contributed by atoms with van der Waals surface area (Å²) in [5.41, 5.74) is 6.18. The standard InChI is InChI=1S/C11H11F2N3OS/c1-16(5-8(12)13)11(17)10-9(14)6-2-3-15-4-7(6)18-10/h2-4,8H,5,14H2,1H3. The molecule has 0 aromatic carbocycles. The maximum Gasteiger partial charge on any atom is 0.266 e. The van der Waals surface area contributed by atoms with Crippen LogP contribution in [-0.2, 0) is 0 Å². The van der Waals surface area contributed by atoms with Gasteiger partial charge in [0.05, 0.1) is 16.9 Å². The third kappa shape index (κ3) is 2.26. The fourth-order valence-corrected chi connectivity index (χ4v) is 2.68. The van der Waals surface area contributed by atoms with E-state index in [-0.39, 0.29) is 4.88 Å². The largest absolute Gasteiger partial charge is 0.397 e. The van der Waals surface area contributed by atoms with E-state index in [1.165, 1.54) is 7.05 Å². The van der Waals surface area contributed by atoms with Gasteiger partial charge < -0.3 is 10.6 Å². The first-order valence-electron chi connectivity index (χ1n) is 5.16. The van der Waals surface area contributed by atoms with Crippen molar-refractivity contribution in [2.75, 3.05) is 19.3 Å². The number of halogens is 2. The second kappa shape index (κ2) is 4.85. The fraction of sp³-hybridized carbons (Fsp3) is 0.273. The predicted octanol–water partition coefficient (Wildman–Crippen LogP) is 2.22. The maximum absolute atomic E-state index is 12.2. The fourth-order valence-electron chi connectivity index (χ4n) is 1.59. The number of hydrogen-bond acceptors (Lipinski definition) is 4. The Hall–Kier alpha value is -1.76. The molecule has 7 heteroatoms. The number of aromatic nitrogens is 1. The highest BCUT2D eigenvalue weighted by molar-refractivity contribution is 7.21. The number of nitrogens with zero attached hydrogens (tertiary/aromatic N) is 2. The average Bonchev–Trinajstić information content (AvgIpc) is 2.66. The third-order valence-electron chi connectivity index (χ3n) is 2.48. The van der Waals surface area contributed by atoms with Gasteiger partial charge in [0.15, 0.2) is 0 Å². The van der Waals surface area contributed by atoms with Crippen molar-refractivity contribution in [3.8, 4) is 0 Å². The van der Waals surface area contributed by atoms with Crippen LogP contribution in [0.1, 0.15) is 9.67 Å². The van der Waals surface area contributed by atoms with Gasteiger partial charge in [0.25, 0.3) is 12.3 Å². The van der Waals surface area contributed by atoms with Crippen LogP contribution in [0.25, 0.3) is 10.1 Å². The number of alkyl halides is 2. The molecule has 1 amide bonds. The van der Waals surface area contributed by atoms with Gasteiger partial charge in [-0.15, -0.1) is 11.3 Å². The number of carbonyl (C=O) groups is 1. The number of rotatable bonds is 3. The van der Waals surface area contributed by atoms with Gasteiger partial charge in [-0.3, -0.25) is 9.78 Å². The van der Waals surface area contributed by atoms with Crippen LogP contribution in [0.4, 0.5) is 14.5 Å². The lowest BCUT2D eigenvalue weighted by Crippen LogP contribution is -2.31. The minimum absolute atomic E-state index is 0.279. The normalized spacial score (nSPS) is 11.1. The molecule has 0 bridgehead atoms. The zero-order chi connectivity index (χ0) is 13.3. The van der Waals surface area contributed by atoms with Crippen LogP contribution in [0.2, 0.25) is 0 Å². The Balaban J connectivity index is 2.36. The summed E-state index contributed by atoms with van der Waals surface area (Å²) in [4.78, 5) is 17.2. The number of thiophene rings is 1. The van der Waals surface area contributed by atoms with Crippen molar-refractivity contribution >= 4 is 33.0 Å². The maximum atomic E-state index is 12.2. The molecule has 0 saturated carbocycles. The summed E-state index contributed by atoms with van der Waals surface area (Å²) in [6.07, 6.45) is 0.610. The predicted molar refractivity (Wildman–Crippen MR) is 67.0 cm³/mol. The molecule has 4 nitrogen and oxygen atoms in total. The number of anilines is 1. The minimum Gasteiger partial charge on any atom is -0.397 e. The Morgan fingerprint density at radius 1 is 1.61 bits per heavy atom. The van der Waals surface area contributed by atoms with E-state index in [9.17, 15) is 13.6 Å². The quantitative estimate of drug-likeness (QED) is 0.931. The molecular formula is C11H11F2N3OS. The molecular weight excluding hydrogens is 260 g/mol. The van der Waals surface area contributed by atoms with E-state index in [0.717, 1.165) is 26.3 Å². The number of hydrogen-bond donors (Lipinski definition) is 1. The van der Waals surface area contributed by atoms with Crippen molar-refractivity contribution in [2.24, 2.45) is 0 Å². The number of nitrogen functional groups attached to an aromatic ring is 1. The summed E-state index contributed by atoms with van der Waals surface area (Å²) in [5, 5.41) is 0.726. The van der Waals surface area contributed by atoms with Crippen molar-refractivity contribution in [1.82, 2.24) is 9.88 Å². The first-order valence-corrected chi connectivity index (χ1v) is 5.98. The van der Waals surface area contributed by atoms with Crippen LogP contribution in [-0.4, -0.2) is 35.8 Å². The average molecular weight is 271 g/mol. The van der Waals surface area contributed by atoms with E-state index in [4.69, 9.17) is 5.73 Å². The summed E-state index contributed by atoms with van der Waals surface area (Å²) >= 11 is 1.16. The van der Waals surface area contributed by atoms with E-state index < -0.39 is 18.9 Å². The lowest BCUT2D eigenvalue weighted by molar-refractivity contribution is 0.0625. The van der Waals surface area contributed by atoms with Crippen molar-refractivity contribution in [3.05, 3.63) is 23.3 Å². The van der Waals surface area contributed by atoms with Crippen LogP contribution in [0.5, 0.6) is 0 Å². The van der Waals surface area contributed by atoms with Gasteiger partial charge in [0.1, 0.15) is 4.88 Å². The van der Waals surface area contributed by atoms with Crippen molar-refractivity contribution in [2.45, 2.75) is 6.43 Å². The first kappa shape index (κ1) is 12.7. The number of nitrogens with two attached hydrogens (primary N) is 1. The second-order valence-corrected chi connectivity index (χ2v) is 4.85. The van der Waals surface area contributed by atoms with Gasteiger partial charge in [-0.2, -0.15) is 0 Å². The number of amides is 1. The Morgan fingerprint density at radius 2 is 2.33 bits per heavy atom. The lowest BCUT2D eigenvalue weighted by atomic mass is 10.2. The van der Waals surface area contributed by atoms with E-state index in [2.05, 4.69) is 4.98 Å². The van der Waals surface area contributed by atoms with Gasteiger partial charge in [-0.1, -0.05) is 0 Å². The van der Waals surface area contributed by atoms with Gasteiger partial charge in [-0.05, 0) is 6.07 Å². The SMILES string of the molecule is CN(CC(F)F)C(=O)c1sc2cnccc2c1N. The van der Waals surface area contributed by atoms with E-state index >= 15 is 0 Å². The summed E-state index contributed by atoms with van der Waals surface area (Å²) < 4.78 is 25.2. The van der Waals surface area contributed by atoms with E-state index in [1.54, 1.807) is 18.5 Å². The Kier molecular flexibility index (Phi) is 3.42. The molecule has 0 aliphatic rings. The second-order valence-electron chi connectivity index (χ2n) is 3.79. The highest BCUT2D eigenvalue weighted by Gasteiger charge is 2.21. The van der Waals surface area contributed by atoms with E-state index in [0.29, 0.717) is 5.69 Å². The van der Waals surface area contributed by atoms with E-state index in [1.807, 2.05) is 0 Å². The molecule has 0 atom stereocenters. The highest BCUT2D eigenvalue weighted by atomic mass is 32.1. The zero-order valence-electron chi connectivity index (χ0n) is 9.56. The molecule has 0 saturated heterocycles. The number of pyridine rings is 1. The Bertz CT molecular complexity index is 585. The Morgan fingerprint density at radius 3 is 2.94 bits per heavy atom. The molecule has 0 fully saturated rings. The molecule has 2 aromatic rings. The Labute approximate surface area is 106 Å². The van der Waals surface area contributed by atoms with Gasteiger partial charge in [0.2, 0.25) is 0 Å². The van der Waals surface area contributed by atoms with Crippen LogP contribution >= 0.6 is 11.3 Å². The first-order chi connectivity index (χ1) is 8.50. The lowest BCUT2D eigenvalue weighted by Gasteiger charge is -2.15. The summed E-state index contributed by atoms with van der Waals surface area (Å²) in [7, 11) is 1.33. The van der Waals surface area contributed by atoms with Crippen LogP contribution < -0.4 is 5.73 Å². The molecule has 0 unspecified atom stereocenters. The smallest absolute Gasteiger partial charge is 0.266 e. The summed E-state index contributed by atoms with van der Waals surface area (Å²) in [5.74, 6) is -0.492. The van der Waals surface area contributed by atoms with Gasteiger partial charge in [-0.25, -0.2) is 8.78 Å². The molecule has 0 spiro atoms. The number of fused-ring (bicyclic) bond motifs is 1. The molecule has 0 aliphatic carbocycles.